The molecule has 0 aliphatic heterocycles. The van der Waals surface area contributed by atoms with Crippen molar-refractivity contribution in [3.63, 3.8) is 0 Å². The van der Waals surface area contributed by atoms with Crippen LogP contribution in [0.15, 0.2) is 77.3 Å². The second kappa shape index (κ2) is 15.9. The number of nitrogens with zero attached hydrogens (tertiary/aromatic N) is 2. The zero-order chi connectivity index (χ0) is 31.7. The summed E-state index contributed by atoms with van der Waals surface area (Å²) in [6.07, 6.45) is 7.08. The zero-order valence-corrected chi connectivity index (χ0v) is 28.5. The lowest BCUT2D eigenvalue weighted by molar-refractivity contribution is -0.141. The van der Waals surface area contributed by atoms with Gasteiger partial charge in [-0.15, -0.1) is 0 Å². The van der Waals surface area contributed by atoms with Gasteiger partial charge in [-0.05, 0) is 67.1 Å². The lowest BCUT2D eigenvalue weighted by Gasteiger charge is -2.34. The molecule has 0 aromatic heterocycles. The zero-order valence-electron chi connectivity index (χ0n) is 25.3. The topological polar surface area (TPSA) is 86.8 Å². The van der Waals surface area contributed by atoms with Gasteiger partial charge in [0.15, 0.2) is 0 Å². The standard InChI is InChI=1S/C34H41BrClN3O4S/c1-25-30(36)18-10-19-31(25)39(44(2,42)43)21-11-20-33(40)38(24-27-14-9-15-28(35)22-27)32(23-26-12-5-3-6-13-26)34(41)37-29-16-7-4-8-17-29/h3,5-6,9-10,12-15,18-19,22,29,32H,4,7-8,11,16-17,20-21,23-24H2,1-2H3,(H,37,41)/t32-/m1/s1. The summed E-state index contributed by atoms with van der Waals surface area (Å²) in [5.41, 5.74) is 3.00. The van der Waals surface area contributed by atoms with Crippen LogP contribution in [-0.2, 0) is 32.6 Å². The summed E-state index contributed by atoms with van der Waals surface area (Å²) in [4.78, 5) is 29.7. The summed E-state index contributed by atoms with van der Waals surface area (Å²) in [5, 5.41) is 3.73. The van der Waals surface area contributed by atoms with Crippen molar-refractivity contribution in [2.75, 3.05) is 17.1 Å². The Hall–Kier alpha value is -2.88. The number of anilines is 1. The Morgan fingerprint density at radius 3 is 2.34 bits per heavy atom. The predicted octanol–water partition coefficient (Wildman–Crippen LogP) is 7.05. The largest absolute Gasteiger partial charge is 0.352 e. The van der Waals surface area contributed by atoms with Gasteiger partial charge in [0.25, 0.3) is 0 Å². The number of sulfonamides is 1. The van der Waals surface area contributed by atoms with Crippen LogP contribution in [0.3, 0.4) is 0 Å². The minimum Gasteiger partial charge on any atom is -0.352 e. The first-order chi connectivity index (χ1) is 21.0. The number of rotatable bonds is 13. The third kappa shape index (κ3) is 9.56. The molecule has 1 fully saturated rings. The Kier molecular flexibility index (Phi) is 12.3. The number of nitrogens with one attached hydrogen (secondary N) is 1. The molecular formula is C34H41BrClN3O4S. The van der Waals surface area contributed by atoms with Crippen molar-refractivity contribution in [3.8, 4) is 0 Å². The van der Waals surface area contributed by atoms with Gasteiger partial charge in [0.05, 0.1) is 11.9 Å². The third-order valence-electron chi connectivity index (χ3n) is 8.12. The van der Waals surface area contributed by atoms with Crippen molar-refractivity contribution in [1.29, 1.82) is 0 Å². The SMILES string of the molecule is Cc1c(Cl)cccc1N(CCCC(=O)N(Cc1cccc(Br)c1)[C@H](Cc1ccccc1)C(=O)NC1CCCCC1)S(C)(=O)=O. The van der Waals surface area contributed by atoms with E-state index in [9.17, 15) is 18.0 Å². The van der Waals surface area contributed by atoms with Crippen LogP contribution in [0, 0.1) is 6.92 Å². The molecule has 0 unspecified atom stereocenters. The maximum absolute atomic E-state index is 14.1. The summed E-state index contributed by atoms with van der Waals surface area (Å²) < 4.78 is 27.8. The predicted molar refractivity (Wildman–Crippen MR) is 181 cm³/mol. The minimum atomic E-state index is -3.64. The molecule has 0 heterocycles. The number of halogens is 2. The normalized spacial score (nSPS) is 14.5. The highest BCUT2D eigenvalue weighted by Gasteiger charge is 2.32. The van der Waals surface area contributed by atoms with Crippen LogP contribution in [0.4, 0.5) is 5.69 Å². The first-order valence-electron chi connectivity index (χ1n) is 15.1. The Balaban J connectivity index is 1.60. The Labute approximate surface area is 275 Å². The molecule has 2 amide bonds. The fraction of sp³-hybridized carbons (Fsp3) is 0.412. The van der Waals surface area contributed by atoms with E-state index in [-0.39, 0.29) is 43.8 Å². The van der Waals surface area contributed by atoms with E-state index in [0.717, 1.165) is 47.5 Å². The van der Waals surface area contributed by atoms with Crippen molar-refractivity contribution in [1.82, 2.24) is 10.2 Å². The van der Waals surface area contributed by atoms with Gasteiger partial charge >= 0.3 is 0 Å². The van der Waals surface area contributed by atoms with Gasteiger partial charge in [-0.1, -0.05) is 95.3 Å². The first-order valence-corrected chi connectivity index (χ1v) is 18.2. The van der Waals surface area contributed by atoms with Gasteiger partial charge in [0.1, 0.15) is 6.04 Å². The average Bonchev–Trinajstić information content (AvgIpc) is 2.99. The maximum Gasteiger partial charge on any atom is 0.243 e. The molecular weight excluding hydrogens is 662 g/mol. The summed E-state index contributed by atoms with van der Waals surface area (Å²) in [6.45, 7) is 2.13. The van der Waals surface area contributed by atoms with Crippen LogP contribution in [0.2, 0.25) is 5.02 Å². The summed E-state index contributed by atoms with van der Waals surface area (Å²) in [5.74, 6) is -0.364. The highest BCUT2D eigenvalue weighted by molar-refractivity contribution is 9.10. The number of carbonyl (C=O) groups excluding carboxylic acids is 2. The molecule has 1 saturated carbocycles. The molecule has 1 aliphatic carbocycles. The van der Waals surface area contributed by atoms with E-state index in [1.54, 1.807) is 30.0 Å². The van der Waals surface area contributed by atoms with E-state index in [0.29, 0.717) is 22.7 Å². The van der Waals surface area contributed by atoms with Crippen LogP contribution in [0.25, 0.3) is 0 Å². The Bertz CT molecular complexity index is 1530. The smallest absolute Gasteiger partial charge is 0.243 e. The molecule has 1 N–H and O–H groups in total. The number of carbonyl (C=O) groups is 2. The molecule has 4 rings (SSSR count). The van der Waals surface area contributed by atoms with E-state index >= 15 is 0 Å². The molecule has 1 aliphatic rings. The van der Waals surface area contributed by atoms with Gasteiger partial charge in [0, 0.05) is 41.5 Å². The molecule has 0 radical (unpaired) electrons. The summed E-state index contributed by atoms with van der Waals surface area (Å²) in [6, 6.07) is 22.0. The minimum absolute atomic E-state index is 0.0711. The van der Waals surface area contributed by atoms with E-state index in [1.807, 2.05) is 54.6 Å². The molecule has 236 valence electrons. The average molecular weight is 703 g/mol. The molecule has 44 heavy (non-hydrogen) atoms. The van der Waals surface area contributed by atoms with E-state index < -0.39 is 16.1 Å². The molecule has 7 nitrogen and oxygen atoms in total. The van der Waals surface area contributed by atoms with E-state index in [4.69, 9.17) is 11.6 Å². The van der Waals surface area contributed by atoms with Crippen molar-refractivity contribution in [3.05, 3.63) is 99.0 Å². The van der Waals surface area contributed by atoms with Crippen molar-refractivity contribution < 1.29 is 18.0 Å². The highest BCUT2D eigenvalue weighted by Crippen LogP contribution is 2.29. The summed E-state index contributed by atoms with van der Waals surface area (Å²) >= 11 is 9.83. The first kappa shape index (κ1) is 34.0. The van der Waals surface area contributed by atoms with E-state index in [2.05, 4.69) is 21.2 Å². The molecule has 3 aromatic carbocycles. The Morgan fingerprint density at radius 2 is 1.66 bits per heavy atom. The van der Waals surface area contributed by atoms with Crippen LogP contribution < -0.4 is 9.62 Å². The van der Waals surface area contributed by atoms with Gasteiger partial charge < -0.3 is 10.2 Å². The lowest BCUT2D eigenvalue weighted by Crippen LogP contribution is -2.53. The monoisotopic (exact) mass is 701 g/mol. The van der Waals surface area contributed by atoms with Crippen molar-refractivity contribution in [2.45, 2.75) is 76.9 Å². The molecule has 1 atom stereocenters. The number of hydrogen-bond donors (Lipinski definition) is 1. The molecule has 0 bridgehead atoms. The molecule has 0 saturated heterocycles. The van der Waals surface area contributed by atoms with Crippen molar-refractivity contribution in [2.24, 2.45) is 0 Å². The van der Waals surface area contributed by atoms with Crippen LogP contribution in [0.1, 0.15) is 61.6 Å². The number of benzene rings is 3. The fourth-order valence-electron chi connectivity index (χ4n) is 5.78. The van der Waals surface area contributed by atoms with Crippen LogP contribution in [-0.4, -0.2) is 50.0 Å². The quantitative estimate of drug-likeness (QED) is 0.207. The molecule has 10 heteroatoms. The third-order valence-corrected chi connectivity index (χ3v) is 10.2. The van der Waals surface area contributed by atoms with Gasteiger partial charge in [-0.25, -0.2) is 8.42 Å². The van der Waals surface area contributed by atoms with Crippen LogP contribution >= 0.6 is 27.5 Å². The van der Waals surface area contributed by atoms with Crippen molar-refractivity contribution >= 4 is 55.1 Å². The lowest BCUT2D eigenvalue weighted by atomic mass is 9.94. The molecule has 3 aromatic rings. The van der Waals surface area contributed by atoms with E-state index in [1.165, 1.54) is 10.7 Å². The highest BCUT2D eigenvalue weighted by atomic mass is 79.9. The maximum atomic E-state index is 14.1. The molecule has 0 spiro atoms. The Morgan fingerprint density at radius 1 is 0.977 bits per heavy atom. The van der Waals surface area contributed by atoms with Gasteiger partial charge in [0.2, 0.25) is 21.8 Å². The second-order valence-corrected chi connectivity index (χ2v) is 14.8. The number of amides is 2. The summed E-state index contributed by atoms with van der Waals surface area (Å²) in [7, 11) is -3.64. The van der Waals surface area contributed by atoms with Crippen LogP contribution in [0.5, 0.6) is 0 Å². The number of hydrogen-bond acceptors (Lipinski definition) is 4. The second-order valence-electron chi connectivity index (χ2n) is 11.5. The van der Waals surface area contributed by atoms with Gasteiger partial charge in [-0.2, -0.15) is 0 Å². The fourth-order valence-corrected chi connectivity index (χ4v) is 7.41. The van der Waals surface area contributed by atoms with Gasteiger partial charge in [-0.3, -0.25) is 13.9 Å².